The van der Waals surface area contributed by atoms with E-state index in [9.17, 15) is 21.6 Å². The molecule has 0 atom stereocenters. The number of hydrogen-bond donors (Lipinski definition) is 1. The molecular weight excluding hydrogens is 454 g/mol. The highest BCUT2D eigenvalue weighted by Crippen LogP contribution is 2.33. The number of nitrogens with one attached hydrogen (secondary N) is 1. The maximum atomic E-state index is 12.6. The summed E-state index contributed by atoms with van der Waals surface area (Å²) in [5.74, 6) is 0.535. The van der Waals surface area contributed by atoms with Crippen LogP contribution in [0.5, 0.6) is 11.5 Å². The summed E-state index contributed by atoms with van der Waals surface area (Å²) < 4.78 is 70.1. The molecule has 6 nitrogen and oxygen atoms in total. The maximum absolute atomic E-state index is 12.6. The molecule has 3 aromatic rings. The van der Waals surface area contributed by atoms with E-state index in [0.29, 0.717) is 23.0 Å². The summed E-state index contributed by atoms with van der Waals surface area (Å²) in [5.41, 5.74) is -0.996. The van der Waals surface area contributed by atoms with Crippen molar-refractivity contribution in [2.75, 3.05) is 4.72 Å². The van der Waals surface area contributed by atoms with Gasteiger partial charge in [0.15, 0.2) is 5.03 Å². The molecule has 0 radical (unpaired) electrons. The molecule has 1 aromatic carbocycles. The molecule has 1 N–H and O–H groups in total. The smallest absolute Gasteiger partial charge is 0.417 e. The Bertz CT molecular complexity index is 1140. The van der Waals surface area contributed by atoms with Crippen LogP contribution in [0.1, 0.15) is 5.56 Å². The summed E-state index contributed by atoms with van der Waals surface area (Å²) in [4.78, 5) is 7.23. The number of aromatic nitrogens is 2. The number of rotatable bonds is 5. The number of anilines is 1. The van der Waals surface area contributed by atoms with Crippen molar-refractivity contribution in [2.45, 2.75) is 11.2 Å². The molecule has 0 fully saturated rings. The fourth-order valence-corrected chi connectivity index (χ4v) is 3.50. The number of sulfonamides is 1. The Labute approximate surface area is 173 Å². The number of alkyl halides is 3. The molecule has 152 valence electrons. The molecule has 2 aromatic heterocycles. The quantitative estimate of drug-likeness (QED) is 0.547. The highest BCUT2D eigenvalue weighted by atomic mass is 35.5. The predicted octanol–water partition coefficient (Wildman–Crippen LogP) is 5.40. The number of ether oxygens (including phenoxy) is 1. The van der Waals surface area contributed by atoms with E-state index >= 15 is 0 Å². The molecule has 3 rings (SSSR count). The minimum absolute atomic E-state index is 0.0632. The molecule has 0 bridgehead atoms. The number of halogens is 5. The molecule has 0 aliphatic carbocycles. The van der Waals surface area contributed by atoms with E-state index in [4.69, 9.17) is 27.9 Å². The van der Waals surface area contributed by atoms with Crippen LogP contribution >= 0.6 is 23.2 Å². The molecule has 12 heteroatoms. The molecule has 0 aliphatic rings. The van der Waals surface area contributed by atoms with Gasteiger partial charge in [0.05, 0.1) is 27.5 Å². The predicted molar refractivity (Wildman–Crippen MR) is 101 cm³/mol. The van der Waals surface area contributed by atoms with Crippen molar-refractivity contribution in [3.63, 3.8) is 0 Å². The first kappa shape index (κ1) is 21.2. The Morgan fingerprint density at radius 3 is 2.34 bits per heavy atom. The molecule has 0 unspecified atom stereocenters. The zero-order valence-electron chi connectivity index (χ0n) is 14.1. The van der Waals surface area contributed by atoms with Gasteiger partial charge >= 0.3 is 6.18 Å². The Morgan fingerprint density at radius 1 is 1.00 bits per heavy atom. The largest absolute Gasteiger partial charge is 0.454 e. The lowest BCUT2D eigenvalue weighted by Crippen LogP contribution is -2.15. The fraction of sp³-hybridized carbons (Fsp3) is 0.0588. The lowest BCUT2D eigenvalue weighted by molar-refractivity contribution is -0.137. The van der Waals surface area contributed by atoms with Gasteiger partial charge in [-0.05, 0) is 30.3 Å². The molecule has 29 heavy (non-hydrogen) atoms. The highest BCUT2D eigenvalue weighted by molar-refractivity contribution is 7.92. The summed E-state index contributed by atoms with van der Waals surface area (Å²) in [6.45, 7) is 0. The first-order valence-electron chi connectivity index (χ1n) is 7.69. The molecule has 0 saturated heterocycles. The van der Waals surface area contributed by atoms with E-state index in [2.05, 4.69) is 14.7 Å². The van der Waals surface area contributed by atoms with Crippen molar-refractivity contribution in [3.8, 4) is 11.5 Å². The molecular formula is C17H10Cl2F3N3O3S. The van der Waals surface area contributed by atoms with Gasteiger partial charge in [-0.25, -0.2) is 4.98 Å². The van der Waals surface area contributed by atoms with E-state index in [-0.39, 0.29) is 16.5 Å². The minimum Gasteiger partial charge on any atom is -0.454 e. The zero-order valence-corrected chi connectivity index (χ0v) is 16.4. The first-order valence-corrected chi connectivity index (χ1v) is 9.92. The van der Waals surface area contributed by atoms with Crippen LogP contribution in [0.25, 0.3) is 0 Å². The van der Waals surface area contributed by atoms with Crippen molar-refractivity contribution in [1.82, 2.24) is 9.97 Å². The first-order chi connectivity index (χ1) is 13.5. The van der Waals surface area contributed by atoms with Gasteiger partial charge in [-0.2, -0.15) is 21.6 Å². The van der Waals surface area contributed by atoms with E-state index in [1.807, 2.05) is 0 Å². The molecule has 0 saturated carbocycles. The van der Waals surface area contributed by atoms with Gasteiger partial charge in [0.1, 0.15) is 11.5 Å². The van der Waals surface area contributed by atoms with Gasteiger partial charge in [-0.1, -0.05) is 23.2 Å². The van der Waals surface area contributed by atoms with Crippen LogP contribution < -0.4 is 9.46 Å². The number of nitrogens with zero attached hydrogens (tertiary/aromatic N) is 2. The SMILES string of the molecule is O=S(=O)(Nc1ccc(Oc2cncc(Cl)c2)c(Cl)c1)c1ccc(C(F)(F)F)cn1. The summed E-state index contributed by atoms with van der Waals surface area (Å²) >= 11 is 11.9. The lowest BCUT2D eigenvalue weighted by atomic mass is 10.3. The van der Waals surface area contributed by atoms with Gasteiger partial charge in [-0.15, -0.1) is 0 Å². The Kier molecular flexibility index (Phi) is 5.87. The maximum Gasteiger partial charge on any atom is 0.417 e. The van der Waals surface area contributed by atoms with Crippen molar-refractivity contribution in [1.29, 1.82) is 0 Å². The third-order valence-electron chi connectivity index (χ3n) is 3.43. The lowest BCUT2D eigenvalue weighted by Gasteiger charge is -2.11. The third kappa shape index (κ3) is 5.28. The van der Waals surface area contributed by atoms with E-state index in [1.54, 1.807) is 0 Å². The molecule has 2 heterocycles. The van der Waals surface area contributed by atoms with Crippen molar-refractivity contribution in [2.24, 2.45) is 0 Å². The second-order valence-electron chi connectivity index (χ2n) is 5.57. The summed E-state index contributed by atoms with van der Waals surface area (Å²) in [6.07, 6.45) is -1.35. The Balaban J connectivity index is 1.78. The molecule has 0 aliphatic heterocycles. The normalized spacial score (nSPS) is 11.9. The molecule has 0 amide bonds. The monoisotopic (exact) mass is 463 g/mol. The van der Waals surface area contributed by atoms with Crippen molar-refractivity contribution >= 4 is 38.9 Å². The van der Waals surface area contributed by atoms with Crippen LogP contribution in [-0.2, 0) is 16.2 Å². The fourth-order valence-electron chi connectivity index (χ4n) is 2.14. The van der Waals surface area contributed by atoms with E-state index < -0.39 is 26.8 Å². The average Bonchev–Trinajstić information content (AvgIpc) is 2.63. The second-order valence-corrected chi connectivity index (χ2v) is 8.05. The topological polar surface area (TPSA) is 81.2 Å². The summed E-state index contributed by atoms with van der Waals surface area (Å²) in [5, 5.41) is -0.149. The van der Waals surface area contributed by atoms with Crippen molar-refractivity contribution < 1.29 is 26.3 Å². The average molecular weight is 464 g/mol. The van der Waals surface area contributed by atoms with E-state index in [1.165, 1.54) is 36.7 Å². The molecule has 0 spiro atoms. The van der Waals surface area contributed by atoms with Crippen LogP contribution in [0.2, 0.25) is 10.0 Å². The number of pyridine rings is 2. The van der Waals surface area contributed by atoms with Gasteiger partial charge in [0.25, 0.3) is 10.0 Å². The van der Waals surface area contributed by atoms with Crippen LogP contribution in [0.3, 0.4) is 0 Å². The third-order valence-corrected chi connectivity index (χ3v) is 5.23. The standard InChI is InChI=1S/C17H10Cl2F3N3O3S/c18-11-5-13(9-23-8-11)28-15-3-2-12(6-14(15)19)25-29(26,27)16-4-1-10(7-24-16)17(20,21)22/h1-9,25H. The zero-order chi connectivity index (χ0) is 21.2. The van der Waals surface area contributed by atoms with Crippen LogP contribution in [-0.4, -0.2) is 18.4 Å². The van der Waals surface area contributed by atoms with Gasteiger partial charge in [0, 0.05) is 18.5 Å². The number of benzene rings is 1. The summed E-state index contributed by atoms with van der Waals surface area (Å²) in [7, 11) is -4.23. The second kappa shape index (κ2) is 8.05. The van der Waals surface area contributed by atoms with Gasteiger partial charge in [0.2, 0.25) is 0 Å². The Hall–Kier alpha value is -2.56. The van der Waals surface area contributed by atoms with Crippen LogP contribution in [0, 0.1) is 0 Å². The number of hydrogen-bond acceptors (Lipinski definition) is 5. The van der Waals surface area contributed by atoms with Crippen molar-refractivity contribution in [3.05, 3.63) is 70.6 Å². The highest BCUT2D eigenvalue weighted by Gasteiger charge is 2.31. The van der Waals surface area contributed by atoms with Crippen LogP contribution in [0.4, 0.5) is 18.9 Å². The van der Waals surface area contributed by atoms with E-state index in [0.717, 1.165) is 6.07 Å². The van der Waals surface area contributed by atoms with Crippen LogP contribution in [0.15, 0.2) is 60.0 Å². The minimum atomic E-state index is -4.62. The summed E-state index contributed by atoms with van der Waals surface area (Å²) in [6, 6.07) is 6.94. The van der Waals surface area contributed by atoms with Gasteiger partial charge in [-0.3, -0.25) is 9.71 Å². The van der Waals surface area contributed by atoms with Gasteiger partial charge < -0.3 is 4.74 Å². The Morgan fingerprint density at radius 2 is 1.76 bits per heavy atom.